The smallest absolute Gasteiger partial charge is 0.323 e. The van der Waals surface area contributed by atoms with Gasteiger partial charge in [0.2, 0.25) is 4.77 Å². The predicted octanol–water partition coefficient (Wildman–Crippen LogP) is 2.02. The van der Waals surface area contributed by atoms with Crippen molar-refractivity contribution >= 4 is 47.0 Å². The fourth-order valence-electron chi connectivity index (χ4n) is 3.46. The molecule has 0 radical (unpaired) electrons. The third-order valence-corrected chi connectivity index (χ3v) is 5.39. The normalized spacial score (nSPS) is 17.5. The number of carbonyl (C=O) groups is 3. The summed E-state index contributed by atoms with van der Waals surface area (Å²) >= 11 is 5.07. The van der Waals surface area contributed by atoms with E-state index >= 15 is 0 Å². The van der Waals surface area contributed by atoms with Crippen LogP contribution in [0.1, 0.15) is 13.8 Å². The number of H-pyrrole nitrogens is 1. The molecule has 1 atom stereocenters. The van der Waals surface area contributed by atoms with Gasteiger partial charge >= 0.3 is 6.03 Å². The maximum atomic E-state index is 12.4. The Hall–Kier alpha value is -3.90. The maximum Gasteiger partial charge on any atom is 0.323 e. The number of amides is 3. The Balaban J connectivity index is 1.45. The lowest BCUT2D eigenvalue weighted by molar-refractivity contribution is -0.137. The van der Waals surface area contributed by atoms with E-state index in [2.05, 4.69) is 26.2 Å². The van der Waals surface area contributed by atoms with Gasteiger partial charge < -0.3 is 15.7 Å². The van der Waals surface area contributed by atoms with Crippen molar-refractivity contribution in [1.82, 2.24) is 20.2 Å². The highest BCUT2D eigenvalue weighted by Crippen LogP contribution is 2.33. The second kappa shape index (κ2) is 7.98. The first-order valence-electron chi connectivity index (χ1n) is 9.53. The summed E-state index contributed by atoms with van der Waals surface area (Å²) in [5, 5.41) is 25.4. The fraction of sp³-hybridized carbons (Fsp3) is 0.200. The summed E-state index contributed by atoms with van der Waals surface area (Å²) in [6, 6.07) is 12.8. The van der Waals surface area contributed by atoms with E-state index < -0.39 is 29.4 Å². The Labute approximate surface area is 187 Å². The molecular formula is C20H19N7O4S. The van der Waals surface area contributed by atoms with Gasteiger partial charge in [0.25, 0.3) is 11.7 Å². The van der Waals surface area contributed by atoms with Gasteiger partial charge in [0.1, 0.15) is 6.10 Å². The number of hydrogen-bond donors (Lipinski definition) is 4. The number of ketones is 1. The van der Waals surface area contributed by atoms with Crippen LogP contribution in [-0.2, 0) is 9.59 Å². The topological polar surface area (TPSA) is 145 Å². The molecule has 0 spiro atoms. The van der Waals surface area contributed by atoms with Crippen molar-refractivity contribution in [2.45, 2.75) is 25.5 Å². The van der Waals surface area contributed by atoms with Gasteiger partial charge in [0, 0.05) is 17.1 Å². The molecule has 12 heteroatoms. The van der Waals surface area contributed by atoms with Crippen molar-refractivity contribution in [2.75, 3.05) is 15.5 Å². The molecule has 2 aromatic carbocycles. The summed E-state index contributed by atoms with van der Waals surface area (Å²) in [4.78, 5) is 37.8. The monoisotopic (exact) mass is 453 g/mol. The zero-order valence-corrected chi connectivity index (χ0v) is 17.9. The SMILES string of the molecule is CC1(C)C(O)C(=O)C(=O)N1c1ccc(NC(=O)Nc2cccc(-n3[nH]nnc3=S)c2)cc1. The van der Waals surface area contributed by atoms with Gasteiger partial charge in [-0.05, 0) is 68.5 Å². The standard InChI is InChI=1S/C20H19N7O4S/c1-20(2)16(29)15(28)17(30)26(20)13-8-6-11(7-9-13)21-18(31)22-12-4-3-5-14(10-12)27-19(32)23-24-25-27/h3-10,16,29H,1-2H3,(H2,21,22,31)(H,23,25,32). The van der Waals surface area contributed by atoms with Crippen LogP contribution in [0.3, 0.4) is 0 Å². The number of Topliss-reactive ketones (excluding diaryl/α,β-unsaturated/α-hetero) is 1. The lowest BCUT2D eigenvalue weighted by Gasteiger charge is -2.32. The molecular weight excluding hydrogens is 434 g/mol. The number of rotatable bonds is 4. The largest absolute Gasteiger partial charge is 0.382 e. The van der Waals surface area contributed by atoms with Crippen LogP contribution in [0, 0.1) is 4.77 Å². The highest BCUT2D eigenvalue weighted by molar-refractivity contribution is 7.71. The Bertz CT molecular complexity index is 1270. The number of nitrogens with zero attached hydrogens (tertiary/aromatic N) is 4. The lowest BCUT2D eigenvalue weighted by Crippen LogP contribution is -2.46. The molecule has 1 fully saturated rings. The molecule has 2 heterocycles. The third-order valence-electron chi connectivity index (χ3n) is 5.12. The van der Waals surface area contributed by atoms with E-state index in [4.69, 9.17) is 12.2 Å². The molecule has 3 aromatic rings. The molecule has 32 heavy (non-hydrogen) atoms. The summed E-state index contributed by atoms with van der Waals surface area (Å²) in [5.41, 5.74) is 1.01. The van der Waals surface area contributed by atoms with Crippen LogP contribution in [0.2, 0.25) is 0 Å². The lowest BCUT2D eigenvalue weighted by atomic mass is 9.98. The number of aromatic nitrogens is 4. The summed E-state index contributed by atoms with van der Waals surface area (Å²) < 4.78 is 1.74. The van der Waals surface area contributed by atoms with Gasteiger partial charge in [-0.25, -0.2) is 9.48 Å². The average Bonchev–Trinajstić information content (AvgIpc) is 3.25. The number of aliphatic hydroxyl groups is 1. The average molecular weight is 453 g/mol. The molecule has 0 bridgehead atoms. The summed E-state index contributed by atoms with van der Waals surface area (Å²) in [6.45, 7) is 3.22. The Kier molecular flexibility index (Phi) is 5.32. The number of benzene rings is 2. The zero-order valence-electron chi connectivity index (χ0n) is 17.1. The number of hydrogen-bond acceptors (Lipinski definition) is 7. The Morgan fingerprint density at radius 2 is 1.78 bits per heavy atom. The van der Waals surface area contributed by atoms with Crippen LogP contribution >= 0.6 is 12.2 Å². The molecule has 1 saturated heterocycles. The molecule has 1 aliphatic heterocycles. The van der Waals surface area contributed by atoms with E-state index in [-0.39, 0.29) is 4.77 Å². The third kappa shape index (κ3) is 3.76. The minimum absolute atomic E-state index is 0.251. The van der Waals surface area contributed by atoms with Crippen LogP contribution in [-0.4, -0.2) is 54.7 Å². The van der Waals surface area contributed by atoms with Gasteiger partial charge in [-0.1, -0.05) is 16.4 Å². The van der Waals surface area contributed by atoms with Gasteiger partial charge in [0.05, 0.1) is 11.2 Å². The van der Waals surface area contributed by atoms with E-state index in [9.17, 15) is 19.5 Å². The molecule has 1 unspecified atom stereocenters. The highest BCUT2D eigenvalue weighted by atomic mass is 32.1. The molecule has 0 aliphatic carbocycles. The molecule has 0 saturated carbocycles. The first kappa shape index (κ1) is 21.3. The predicted molar refractivity (Wildman–Crippen MR) is 118 cm³/mol. The summed E-state index contributed by atoms with van der Waals surface area (Å²) in [5.74, 6) is -1.61. The second-order valence-electron chi connectivity index (χ2n) is 7.66. The van der Waals surface area contributed by atoms with Crippen LogP contribution < -0.4 is 15.5 Å². The summed E-state index contributed by atoms with van der Waals surface area (Å²) in [6.07, 6.45) is -1.40. The van der Waals surface area contributed by atoms with Crippen LogP contribution in [0.25, 0.3) is 5.69 Å². The first-order valence-corrected chi connectivity index (χ1v) is 9.94. The van der Waals surface area contributed by atoms with E-state index in [0.717, 1.165) is 0 Å². The minimum atomic E-state index is -1.40. The van der Waals surface area contributed by atoms with Crippen molar-refractivity contribution < 1.29 is 19.5 Å². The van der Waals surface area contributed by atoms with Gasteiger partial charge in [0.15, 0.2) is 0 Å². The van der Waals surface area contributed by atoms with Crippen molar-refractivity contribution in [2.24, 2.45) is 0 Å². The second-order valence-corrected chi connectivity index (χ2v) is 8.02. The minimum Gasteiger partial charge on any atom is -0.382 e. The molecule has 4 rings (SSSR count). The quantitative estimate of drug-likeness (QED) is 0.349. The number of urea groups is 1. The molecule has 1 aliphatic rings. The number of aromatic amines is 1. The highest BCUT2D eigenvalue weighted by Gasteiger charge is 2.52. The molecule has 4 N–H and O–H groups in total. The Morgan fingerprint density at radius 3 is 2.38 bits per heavy atom. The van der Waals surface area contributed by atoms with E-state index in [1.807, 2.05) is 0 Å². The van der Waals surface area contributed by atoms with Crippen LogP contribution in [0.4, 0.5) is 21.9 Å². The van der Waals surface area contributed by atoms with Crippen LogP contribution in [0.5, 0.6) is 0 Å². The molecule has 1 aromatic heterocycles. The van der Waals surface area contributed by atoms with Crippen molar-refractivity contribution in [1.29, 1.82) is 0 Å². The van der Waals surface area contributed by atoms with Crippen molar-refractivity contribution in [3.8, 4) is 5.69 Å². The number of carbonyl (C=O) groups excluding carboxylic acids is 3. The Morgan fingerprint density at radius 1 is 1.09 bits per heavy atom. The van der Waals surface area contributed by atoms with Gasteiger partial charge in [-0.3, -0.25) is 14.5 Å². The number of nitrogens with one attached hydrogen (secondary N) is 3. The van der Waals surface area contributed by atoms with Crippen molar-refractivity contribution in [3.05, 3.63) is 53.3 Å². The molecule has 3 amide bonds. The first-order chi connectivity index (χ1) is 15.2. The van der Waals surface area contributed by atoms with Gasteiger partial charge in [-0.2, -0.15) is 5.21 Å². The number of aliphatic hydroxyl groups excluding tert-OH is 1. The zero-order chi connectivity index (χ0) is 23.0. The number of anilines is 3. The van der Waals surface area contributed by atoms with E-state index in [1.54, 1.807) is 62.4 Å². The van der Waals surface area contributed by atoms with E-state index in [0.29, 0.717) is 22.7 Å². The summed E-state index contributed by atoms with van der Waals surface area (Å²) in [7, 11) is 0. The fourth-order valence-corrected chi connectivity index (χ4v) is 3.64. The molecule has 164 valence electrons. The maximum absolute atomic E-state index is 12.4. The van der Waals surface area contributed by atoms with Crippen LogP contribution in [0.15, 0.2) is 48.5 Å². The van der Waals surface area contributed by atoms with Crippen molar-refractivity contribution in [3.63, 3.8) is 0 Å². The number of tetrazole rings is 1. The van der Waals surface area contributed by atoms with E-state index in [1.165, 1.54) is 9.58 Å². The molecule has 11 nitrogen and oxygen atoms in total. The van der Waals surface area contributed by atoms with Gasteiger partial charge in [-0.15, -0.1) is 0 Å².